The van der Waals surface area contributed by atoms with E-state index in [-0.39, 0.29) is 12.1 Å². The van der Waals surface area contributed by atoms with E-state index in [9.17, 15) is 0 Å². The van der Waals surface area contributed by atoms with Gasteiger partial charge in [0.25, 0.3) is 0 Å². The fourth-order valence-electron chi connectivity index (χ4n) is 1.10. The lowest BCUT2D eigenvalue weighted by molar-refractivity contribution is -0.0525. The molecule has 1 heterocycles. The zero-order valence-corrected chi connectivity index (χ0v) is 8.65. The highest BCUT2D eigenvalue weighted by atomic mass is 127. The second-order valence-electron chi connectivity index (χ2n) is 2.58. The quantitative estimate of drug-likeness (QED) is 0.404. The van der Waals surface area contributed by atoms with Crippen molar-refractivity contribution in [1.82, 2.24) is 3.11 Å². The van der Waals surface area contributed by atoms with E-state index in [4.69, 9.17) is 17.3 Å². The fourth-order valence-corrected chi connectivity index (χ4v) is 1.93. The van der Waals surface area contributed by atoms with Gasteiger partial charge < -0.3 is 9.47 Å². The molecule has 1 aliphatic heterocycles. The first-order valence-corrected chi connectivity index (χ1v) is 4.49. The number of hydrogen-bond donors (Lipinski definition) is 0. The maximum atomic E-state index is 5.62. The van der Waals surface area contributed by atoms with Crippen LogP contribution in [0.4, 0.5) is 0 Å². The third kappa shape index (κ3) is 3.27. The van der Waals surface area contributed by atoms with Gasteiger partial charge in [0.1, 0.15) is 7.85 Å². The number of morpholine rings is 1. The SMILES string of the molecule is [B]C1CN(I)CC(COC)O1. The number of halogens is 1. The molecule has 0 aromatic carbocycles. The van der Waals surface area contributed by atoms with Crippen LogP contribution in [-0.2, 0) is 9.47 Å². The summed E-state index contributed by atoms with van der Waals surface area (Å²) in [6.07, 6.45) is 0.126. The molecule has 1 aliphatic rings. The first kappa shape index (κ1) is 9.76. The van der Waals surface area contributed by atoms with Gasteiger partial charge in [-0.15, -0.1) is 0 Å². The highest BCUT2D eigenvalue weighted by Crippen LogP contribution is 2.12. The number of nitrogens with zero attached hydrogens (tertiary/aromatic N) is 1. The van der Waals surface area contributed by atoms with E-state index < -0.39 is 0 Å². The first-order chi connectivity index (χ1) is 5.22. The van der Waals surface area contributed by atoms with E-state index in [0.29, 0.717) is 6.61 Å². The van der Waals surface area contributed by atoms with Crippen molar-refractivity contribution in [2.75, 3.05) is 26.8 Å². The predicted octanol–water partition coefficient (Wildman–Crippen LogP) is 0.178. The van der Waals surface area contributed by atoms with Crippen molar-refractivity contribution in [3.05, 3.63) is 0 Å². The molecule has 0 spiro atoms. The third-order valence-corrected chi connectivity index (χ3v) is 2.29. The van der Waals surface area contributed by atoms with Crippen molar-refractivity contribution in [3.8, 4) is 0 Å². The Morgan fingerprint density at radius 2 is 2.45 bits per heavy atom. The van der Waals surface area contributed by atoms with Gasteiger partial charge in [-0.2, -0.15) is 0 Å². The molecule has 1 fully saturated rings. The van der Waals surface area contributed by atoms with Gasteiger partial charge in [0.15, 0.2) is 0 Å². The Kier molecular flexibility index (Phi) is 4.12. The van der Waals surface area contributed by atoms with Crippen molar-refractivity contribution in [2.24, 2.45) is 0 Å². The minimum atomic E-state index is -0.166. The normalized spacial score (nSPS) is 34.0. The van der Waals surface area contributed by atoms with Gasteiger partial charge in [-0.1, -0.05) is 0 Å². The molecule has 0 N–H and O–H groups in total. The van der Waals surface area contributed by atoms with E-state index in [1.165, 1.54) is 0 Å². The Morgan fingerprint density at radius 1 is 1.73 bits per heavy atom. The monoisotopic (exact) mass is 267 g/mol. The fraction of sp³-hybridized carbons (Fsp3) is 1.00. The van der Waals surface area contributed by atoms with Crippen LogP contribution in [0.15, 0.2) is 0 Å². The zero-order chi connectivity index (χ0) is 8.27. The molecule has 0 aromatic rings. The molecule has 3 nitrogen and oxygen atoms in total. The highest BCUT2D eigenvalue weighted by Gasteiger charge is 2.22. The van der Waals surface area contributed by atoms with Crippen LogP contribution < -0.4 is 0 Å². The molecule has 0 amide bonds. The van der Waals surface area contributed by atoms with Crippen molar-refractivity contribution in [2.45, 2.75) is 12.1 Å². The first-order valence-electron chi connectivity index (χ1n) is 3.53. The van der Waals surface area contributed by atoms with Crippen molar-refractivity contribution in [1.29, 1.82) is 0 Å². The summed E-state index contributed by atoms with van der Waals surface area (Å²) in [7, 11) is 7.29. The van der Waals surface area contributed by atoms with Crippen LogP contribution in [0.5, 0.6) is 0 Å². The molecule has 2 radical (unpaired) electrons. The zero-order valence-electron chi connectivity index (χ0n) is 6.50. The topological polar surface area (TPSA) is 21.7 Å². The molecule has 5 heteroatoms. The molecule has 2 unspecified atom stereocenters. The smallest absolute Gasteiger partial charge is 0.110 e. The van der Waals surface area contributed by atoms with Crippen molar-refractivity contribution < 1.29 is 9.47 Å². The summed E-state index contributed by atoms with van der Waals surface area (Å²) < 4.78 is 12.5. The Morgan fingerprint density at radius 3 is 3.00 bits per heavy atom. The van der Waals surface area contributed by atoms with Gasteiger partial charge in [-0.05, 0) is 0 Å². The largest absolute Gasteiger partial charge is 0.382 e. The molecule has 0 saturated carbocycles. The minimum absolute atomic E-state index is 0.126. The summed E-state index contributed by atoms with van der Waals surface area (Å²) in [4.78, 5) is 0. The summed E-state index contributed by atoms with van der Waals surface area (Å²) in [5, 5.41) is 0. The van der Waals surface area contributed by atoms with Gasteiger partial charge in [0.05, 0.1) is 12.7 Å². The van der Waals surface area contributed by atoms with E-state index in [2.05, 4.69) is 26.0 Å². The highest BCUT2D eigenvalue weighted by molar-refractivity contribution is 14.1. The lowest BCUT2D eigenvalue weighted by Gasteiger charge is -2.33. The summed E-state index contributed by atoms with van der Waals surface area (Å²) >= 11 is 2.24. The summed E-state index contributed by atoms with van der Waals surface area (Å²) in [5.74, 6) is 0. The summed E-state index contributed by atoms with van der Waals surface area (Å²) in [5.41, 5.74) is 0. The molecule has 0 bridgehead atoms. The maximum Gasteiger partial charge on any atom is 0.110 e. The molecule has 11 heavy (non-hydrogen) atoms. The van der Waals surface area contributed by atoms with Crippen LogP contribution in [0.2, 0.25) is 0 Å². The van der Waals surface area contributed by atoms with Crippen LogP contribution >= 0.6 is 22.9 Å². The number of hydrogen-bond acceptors (Lipinski definition) is 3. The molecule has 1 rings (SSSR count). The van der Waals surface area contributed by atoms with Gasteiger partial charge in [-0.3, -0.25) is 0 Å². The molecule has 0 aliphatic carbocycles. The molecular weight excluding hydrogens is 256 g/mol. The van der Waals surface area contributed by atoms with Crippen LogP contribution in [-0.4, -0.2) is 49.9 Å². The lowest BCUT2D eigenvalue weighted by Crippen LogP contribution is -2.45. The number of methoxy groups -OCH3 is 1. The molecule has 62 valence electrons. The van der Waals surface area contributed by atoms with Crippen LogP contribution in [0.1, 0.15) is 0 Å². The van der Waals surface area contributed by atoms with Crippen molar-refractivity contribution in [3.63, 3.8) is 0 Å². The van der Waals surface area contributed by atoms with Crippen LogP contribution in [0, 0.1) is 0 Å². The summed E-state index contributed by atoms with van der Waals surface area (Å²) in [6.45, 7) is 2.30. The Bertz CT molecular complexity index is 117. The summed E-state index contributed by atoms with van der Waals surface area (Å²) in [6, 6.07) is -0.166. The standard InChI is InChI=1S/C6H11BINO2/c1-10-4-5-2-9(8)3-6(7)11-5/h5-6H,2-4H2,1H3. The number of rotatable bonds is 2. The second-order valence-corrected chi connectivity index (χ2v) is 3.94. The molecular formula is C6H11BINO2. The molecule has 2 atom stereocenters. The minimum Gasteiger partial charge on any atom is -0.382 e. The van der Waals surface area contributed by atoms with E-state index in [1.807, 2.05) is 0 Å². The van der Waals surface area contributed by atoms with E-state index in [1.54, 1.807) is 7.11 Å². The molecule has 1 saturated heterocycles. The van der Waals surface area contributed by atoms with Gasteiger partial charge in [0.2, 0.25) is 0 Å². The molecule has 0 aromatic heterocycles. The Labute approximate surface area is 82.3 Å². The van der Waals surface area contributed by atoms with Gasteiger partial charge in [0, 0.05) is 49.1 Å². The lowest BCUT2D eigenvalue weighted by atomic mass is 9.98. The van der Waals surface area contributed by atoms with E-state index >= 15 is 0 Å². The Balaban J connectivity index is 2.30. The number of ether oxygens (including phenoxy) is 2. The van der Waals surface area contributed by atoms with Crippen molar-refractivity contribution >= 4 is 30.7 Å². The van der Waals surface area contributed by atoms with E-state index in [0.717, 1.165) is 13.1 Å². The predicted molar refractivity (Wildman–Crippen MR) is 51.9 cm³/mol. The Hall–Kier alpha value is 0.675. The maximum absolute atomic E-state index is 5.62. The second kappa shape index (κ2) is 4.64. The van der Waals surface area contributed by atoms with Gasteiger partial charge >= 0.3 is 0 Å². The van der Waals surface area contributed by atoms with Crippen LogP contribution in [0.3, 0.4) is 0 Å². The average Bonchev–Trinajstić information content (AvgIpc) is 1.85. The third-order valence-electron chi connectivity index (χ3n) is 1.50. The average molecular weight is 267 g/mol. The van der Waals surface area contributed by atoms with Crippen LogP contribution in [0.25, 0.3) is 0 Å². The van der Waals surface area contributed by atoms with Gasteiger partial charge in [-0.25, -0.2) is 3.11 Å².